The minimum Gasteiger partial charge on any atom is -0.360 e. The van der Waals surface area contributed by atoms with E-state index in [1.165, 1.54) is 42.5 Å². The zero-order chi connectivity index (χ0) is 17.3. The van der Waals surface area contributed by atoms with E-state index >= 15 is 0 Å². The minimum atomic E-state index is -0.458. The molecule has 122 valence electrons. The first-order chi connectivity index (χ1) is 11.5. The van der Waals surface area contributed by atoms with Crippen molar-refractivity contribution in [2.75, 3.05) is 5.32 Å². The molecule has 0 spiro atoms. The quantitative estimate of drug-likeness (QED) is 0.686. The van der Waals surface area contributed by atoms with Crippen LogP contribution in [0.3, 0.4) is 0 Å². The molecule has 0 atom stereocenters. The molecule has 0 saturated carbocycles. The van der Waals surface area contributed by atoms with E-state index in [1.54, 1.807) is 6.92 Å². The number of anilines is 1. The van der Waals surface area contributed by atoms with Crippen LogP contribution in [0.2, 0.25) is 0 Å². The van der Waals surface area contributed by atoms with Crippen LogP contribution in [0.1, 0.15) is 16.1 Å². The maximum Gasteiger partial charge on any atom is 0.261 e. The molecule has 0 saturated heterocycles. The molecule has 3 rings (SSSR count). The maximum absolute atomic E-state index is 13.1. The highest BCUT2D eigenvalue weighted by atomic mass is 79.9. The molecule has 7 heteroatoms. The van der Waals surface area contributed by atoms with E-state index in [2.05, 4.69) is 26.4 Å². The lowest BCUT2D eigenvalue weighted by Crippen LogP contribution is -2.14. The molecule has 24 heavy (non-hydrogen) atoms. The van der Waals surface area contributed by atoms with E-state index in [9.17, 15) is 13.6 Å². The van der Waals surface area contributed by atoms with Gasteiger partial charge in [0.25, 0.3) is 5.91 Å². The molecule has 1 N–H and O–H groups in total. The Morgan fingerprint density at radius 3 is 2.46 bits per heavy atom. The van der Waals surface area contributed by atoms with Gasteiger partial charge in [0.05, 0.1) is 5.69 Å². The van der Waals surface area contributed by atoms with Crippen molar-refractivity contribution in [3.8, 4) is 11.3 Å². The number of carbonyl (C=O) groups excluding carboxylic acids is 1. The number of aryl methyl sites for hydroxylation is 1. The van der Waals surface area contributed by atoms with Gasteiger partial charge in [-0.1, -0.05) is 5.16 Å². The van der Waals surface area contributed by atoms with Crippen molar-refractivity contribution in [3.63, 3.8) is 0 Å². The summed E-state index contributed by atoms with van der Waals surface area (Å²) in [6.45, 7) is 1.61. The zero-order valence-corrected chi connectivity index (χ0v) is 14.0. The second kappa shape index (κ2) is 6.52. The van der Waals surface area contributed by atoms with Crippen LogP contribution in [0, 0.1) is 18.6 Å². The Balaban J connectivity index is 1.95. The summed E-state index contributed by atoms with van der Waals surface area (Å²) in [6.07, 6.45) is 0. The summed E-state index contributed by atoms with van der Waals surface area (Å²) in [5, 5.41) is 6.56. The molecule has 1 heterocycles. The summed E-state index contributed by atoms with van der Waals surface area (Å²) in [5.74, 6) is -0.946. The van der Waals surface area contributed by atoms with Gasteiger partial charge in [0, 0.05) is 10.0 Å². The third-order valence-corrected chi connectivity index (χ3v) is 4.04. The third kappa shape index (κ3) is 3.21. The Hall–Kier alpha value is -2.54. The fraction of sp³-hybridized carbons (Fsp3) is 0.0588. The zero-order valence-electron chi connectivity index (χ0n) is 12.4. The number of hydrogen-bond acceptors (Lipinski definition) is 3. The number of nitrogens with one attached hydrogen (secondary N) is 1. The maximum atomic E-state index is 13.1. The largest absolute Gasteiger partial charge is 0.360 e. The Morgan fingerprint density at radius 1 is 1.12 bits per heavy atom. The molecule has 0 aliphatic rings. The molecule has 0 fully saturated rings. The normalized spacial score (nSPS) is 10.7. The Labute approximate surface area is 144 Å². The summed E-state index contributed by atoms with van der Waals surface area (Å²) in [7, 11) is 0. The highest BCUT2D eigenvalue weighted by Crippen LogP contribution is 2.28. The van der Waals surface area contributed by atoms with Crippen molar-refractivity contribution >= 4 is 27.5 Å². The van der Waals surface area contributed by atoms with Crippen LogP contribution in [0.15, 0.2) is 51.5 Å². The van der Waals surface area contributed by atoms with E-state index in [0.717, 1.165) is 0 Å². The average molecular weight is 393 g/mol. The lowest BCUT2D eigenvalue weighted by atomic mass is 10.1. The Kier molecular flexibility index (Phi) is 4.44. The van der Waals surface area contributed by atoms with Gasteiger partial charge in [-0.3, -0.25) is 4.79 Å². The molecule has 0 unspecified atom stereocenters. The highest BCUT2D eigenvalue weighted by Gasteiger charge is 2.22. The van der Waals surface area contributed by atoms with Gasteiger partial charge in [-0.05, 0) is 65.3 Å². The van der Waals surface area contributed by atoms with Crippen molar-refractivity contribution in [2.24, 2.45) is 0 Å². The van der Waals surface area contributed by atoms with Crippen LogP contribution in [0.5, 0.6) is 0 Å². The van der Waals surface area contributed by atoms with E-state index in [1.807, 2.05) is 0 Å². The second-order valence-corrected chi connectivity index (χ2v) is 5.90. The van der Waals surface area contributed by atoms with Gasteiger partial charge in [0.15, 0.2) is 0 Å². The monoisotopic (exact) mass is 392 g/mol. The number of rotatable bonds is 3. The topological polar surface area (TPSA) is 55.1 Å². The summed E-state index contributed by atoms with van der Waals surface area (Å²) in [4.78, 5) is 12.6. The lowest BCUT2D eigenvalue weighted by molar-refractivity contribution is 0.102. The smallest absolute Gasteiger partial charge is 0.261 e. The second-order valence-electron chi connectivity index (χ2n) is 5.05. The summed E-state index contributed by atoms with van der Waals surface area (Å²) < 4.78 is 31.7. The standard InChI is InChI=1S/C17H11BrF2N2O2/c1-9-15(16(22-24-9)10-2-4-11(19)5-3-10)17(23)21-14-7-6-12(20)8-13(14)18/h2-8H,1H3,(H,21,23). The number of benzene rings is 2. The van der Waals surface area contributed by atoms with Gasteiger partial charge in [-0.15, -0.1) is 0 Å². The summed E-state index contributed by atoms with van der Waals surface area (Å²) >= 11 is 3.19. The van der Waals surface area contributed by atoms with Crippen LogP contribution in [-0.2, 0) is 0 Å². The minimum absolute atomic E-state index is 0.234. The number of carbonyl (C=O) groups is 1. The molecule has 0 aliphatic carbocycles. The number of hydrogen-bond donors (Lipinski definition) is 1. The molecular formula is C17H11BrF2N2O2. The van der Waals surface area contributed by atoms with Crippen LogP contribution >= 0.6 is 15.9 Å². The fourth-order valence-corrected chi connectivity index (χ4v) is 2.67. The molecule has 3 aromatic rings. The van der Waals surface area contributed by atoms with E-state index in [4.69, 9.17) is 4.52 Å². The number of nitrogens with zero attached hydrogens (tertiary/aromatic N) is 1. The van der Waals surface area contributed by atoms with Gasteiger partial charge in [-0.25, -0.2) is 8.78 Å². The Bertz CT molecular complexity index is 907. The molecule has 2 aromatic carbocycles. The van der Waals surface area contributed by atoms with Crippen molar-refractivity contribution in [2.45, 2.75) is 6.92 Å². The highest BCUT2D eigenvalue weighted by molar-refractivity contribution is 9.10. The van der Waals surface area contributed by atoms with Crippen LogP contribution < -0.4 is 5.32 Å². The van der Waals surface area contributed by atoms with Gasteiger partial charge in [-0.2, -0.15) is 0 Å². The van der Waals surface area contributed by atoms with Crippen LogP contribution in [0.4, 0.5) is 14.5 Å². The van der Waals surface area contributed by atoms with Gasteiger partial charge in [0.2, 0.25) is 0 Å². The summed E-state index contributed by atoms with van der Waals surface area (Å²) in [6, 6.07) is 9.50. The van der Waals surface area contributed by atoms with Crippen LogP contribution in [-0.4, -0.2) is 11.1 Å². The van der Waals surface area contributed by atoms with E-state index in [-0.39, 0.29) is 11.4 Å². The molecular weight excluding hydrogens is 382 g/mol. The fourth-order valence-electron chi connectivity index (χ4n) is 2.22. The van der Waals surface area contributed by atoms with Crippen molar-refractivity contribution in [1.82, 2.24) is 5.16 Å². The molecule has 4 nitrogen and oxygen atoms in total. The van der Waals surface area contributed by atoms with Crippen LogP contribution in [0.25, 0.3) is 11.3 Å². The first-order valence-corrected chi connectivity index (χ1v) is 7.73. The number of aromatic nitrogens is 1. The lowest BCUT2D eigenvalue weighted by Gasteiger charge is -2.08. The molecule has 0 aliphatic heterocycles. The van der Waals surface area contributed by atoms with Gasteiger partial charge >= 0.3 is 0 Å². The van der Waals surface area contributed by atoms with Crippen molar-refractivity contribution in [3.05, 3.63) is 69.9 Å². The number of halogens is 3. The Morgan fingerprint density at radius 2 is 1.79 bits per heavy atom. The molecule has 1 aromatic heterocycles. The first kappa shape index (κ1) is 16.3. The molecule has 0 bridgehead atoms. The molecule has 0 radical (unpaired) electrons. The van der Waals surface area contributed by atoms with Crippen molar-refractivity contribution in [1.29, 1.82) is 0 Å². The third-order valence-electron chi connectivity index (χ3n) is 3.39. The van der Waals surface area contributed by atoms with Gasteiger partial charge < -0.3 is 9.84 Å². The van der Waals surface area contributed by atoms with Gasteiger partial charge in [0.1, 0.15) is 28.7 Å². The van der Waals surface area contributed by atoms with E-state index < -0.39 is 11.7 Å². The van der Waals surface area contributed by atoms with E-state index in [0.29, 0.717) is 27.2 Å². The number of amides is 1. The average Bonchev–Trinajstić information content (AvgIpc) is 2.92. The predicted molar refractivity (Wildman–Crippen MR) is 88.7 cm³/mol. The molecule has 1 amide bonds. The summed E-state index contributed by atoms with van der Waals surface area (Å²) in [5.41, 5.74) is 1.50. The predicted octanol–water partition coefficient (Wildman–Crippen LogP) is 4.94. The van der Waals surface area contributed by atoms with Crippen molar-refractivity contribution < 1.29 is 18.1 Å². The SMILES string of the molecule is Cc1onc(-c2ccc(F)cc2)c1C(=O)Nc1ccc(F)cc1Br. The first-order valence-electron chi connectivity index (χ1n) is 6.94.